The molecule has 1 atom stereocenters. The number of ether oxygens (including phenoxy) is 3. The van der Waals surface area contributed by atoms with Crippen LogP contribution in [0.4, 0.5) is 5.95 Å². The molecule has 1 aromatic carbocycles. The molecule has 1 aromatic rings. The monoisotopic (exact) mass is 408 g/mol. The number of rotatable bonds is 4. The van der Waals surface area contributed by atoms with Crippen molar-refractivity contribution in [2.24, 2.45) is 0 Å². The molecule has 1 heterocycles. The molecule has 4 rings (SSSR count). The first-order valence-electron chi connectivity index (χ1n) is 9.63. The number of nitrogens with zero attached hydrogens (tertiary/aromatic N) is 2. The highest BCUT2D eigenvalue weighted by Gasteiger charge is 2.29. The van der Waals surface area contributed by atoms with Crippen LogP contribution in [0.2, 0.25) is 0 Å². The molecular formula is C22H24N4O4. The quantitative estimate of drug-likeness (QED) is 0.683. The summed E-state index contributed by atoms with van der Waals surface area (Å²) in [6.07, 6.45) is 1.42. The maximum atomic E-state index is 12.0. The fraction of sp³-hybridized carbons (Fsp3) is 0.318. The van der Waals surface area contributed by atoms with Gasteiger partial charge >= 0.3 is 0 Å². The SMILES string of the molecule is COc1cc2c(c(OC)c1OC)-c1ccc3nc(N)nc-3cc1[C@H](NC(C)=O)CC2. The molecule has 30 heavy (non-hydrogen) atoms. The highest BCUT2D eigenvalue weighted by molar-refractivity contribution is 5.84. The normalized spacial score (nSPS) is 15.0. The third-order valence-corrected chi connectivity index (χ3v) is 5.38. The summed E-state index contributed by atoms with van der Waals surface area (Å²) < 4.78 is 16.9. The number of anilines is 1. The van der Waals surface area contributed by atoms with Crippen molar-refractivity contribution in [2.75, 3.05) is 27.1 Å². The predicted octanol–water partition coefficient (Wildman–Crippen LogP) is 2.98. The fourth-order valence-corrected chi connectivity index (χ4v) is 4.16. The Morgan fingerprint density at radius 1 is 1.07 bits per heavy atom. The van der Waals surface area contributed by atoms with Crippen LogP contribution in [0.25, 0.3) is 22.5 Å². The van der Waals surface area contributed by atoms with E-state index in [1.807, 2.05) is 24.3 Å². The van der Waals surface area contributed by atoms with Crippen molar-refractivity contribution < 1.29 is 19.0 Å². The van der Waals surface area contributed by atoms with Gasteiger partial charge in [0.1, 0.15) is 0 Å². The summed E-state index contributed by atoms with van der Waals surface area (Å²) in [5.41, 5.74) is 10.9. The summed E-state index contributed by atoms with van der Waals surface area (Å²) in [7, 11) is 4.79. The first-order valence-corrected chi connectivity index (χ1v) is 9.63. The Morgan fingerprint density at radius 3 is 2.47 bits per heavy atom. The van der Waals surface area contributed by atoms with Crippen LogP contribution in [0.1, 0.15) is 30.5 Å². The molecule has 0 bridgehead atoms. The lowest BCUT2D eigenvalue weighted by molar-refractivity contribution is -0.119. The van der Waals surface area contributed by atoms with Gasteiger partial charge in [0.05, 0.1) is 38.8 Å². The van der Waals surface area contributed by atoms with E-state index in [9.17, 15) is 4.79 Å². The number of methoxy groups -OCH3 is 3. The van der Waals surface area contributed by atoms with Crippen LogP contribution < -0.4 is 25.3 Å². The van der Waals surface area contributed by atoms with Gasteiger partial charge in [0.2, 0.25) is 17.6 Å². The van der Waals surface area contributed by atoms with Gasteiger partial charge in [-0.15, -0.1) is 0 Å². The molecule has 156 valence electrons. The Kier molecular flexibility index (Phi) is 5.07. The molecule has 0 fully saturated rings. The van der Waals surface area contributed by atoms with Crippen LogP contribution in [0, 0.1) is 0 Å². The van der Waals surface area contributed by atoms with E-state index >= 15 is 0 Å². The Morgan fingerprint density at radius 2 is 1.80 bits per heavy atom. The summed E-state index contributed by atoms with van der Waals surface area (Å²) in [6.45, 7) is 1.52. The number of benzene rings is 1. The van der Waals surface area contributed by atoms with Crippen LogP contribution in [-0.4, -0.2) is 37.2 Å². The third-order valence-electron chi connectivity index (χ3n) is 5.38. The summed E-state index contributed by atoms with van der Waals surface area (Å²) in [5.74, 6) is 1.83. The summed E-state index contributed by atoms with van der Waals surface area (Å²) in [5, 5.41) is 3.07. The van der Waals surface area contributed by atoms with Gasteiger partial charge in [-0.25, -0.2) is 9.97 Å². The summed E-state index contributed by atoms with van der Waals surface area (Å²) in [6, 6.07) is 7.56. The van der Waals surface area contributed by atoms with Crippen molar-refractivity contribution in [3.63, 3.8) is 0 Å². The number of carbonyl (C=O) groups excluding carboxylic acids is 1. The highest BCUT2D eigenvalue weighted by Crippen LogP contribution is 2.50. The van der Waals surface area contributed by atoms with Gasteiger partial charge in [0.25, 0.3) is 0 Å². The van der Waals surface area contributed by atoms with Gasteiger partial charge in [0.15, 0.2) is 11.5 Å². The molecule has 8 heteroatoms. The van der Waals surface area contributed by atoms with Crippen molar-refractivity contribution in [1.82, 2.24) is 15.3 Å². The molecule has 0 saturated heterocycles. The minimum atomic E-state index is -0.208. The van der Waals surface area contributed by atoms with Crippen LogP contribution >= 0.6 is 0 Å². The maximum Gasteiger partial charge on any atom is 0.221 e. The number of nitrogen functional groups attached to an aromatic ring is 1. The number of nitrogens with one attached hydrogen (secondary N) is 1. The number of fused-ring (bicyclic) bond motifs is 4. The zero-order valence-corrected chi connectivity index (χ0v) is 17.4. The number of amides is 1. The molecule has 0 spiro atoms. The van der Waals surface area contributed by atoms with Crippen LogP contribution in [0.15, 0.2) is 24.3 Å². The molecule has 3 N–H and O–H groups in total. The van der Waals surface area contributed by atoms with Gasteiger partial charge in [-0.05, 0) is 47.7 Å². The molecule has 3 aliphatic rings. The van der Waals surface area contributed by atoms with Gasteiger partial charge in [-0.1, -0.05) is 6.07 Å². The topological polar surface area (TPSA) is 109 Å². The lowest BCUT2D eigenvalue weighted by Crippen LogP contribution is -2.26. The molecule has 0 aromatic heterocycles. The van der Waals surface area contributed by atoms with Gasteiger partial charge < -0.3 is 25.3 Å². The second kappa shape index (κ2) is 7.70. The van der Waals surface area contributed by atoms with Crippen molar-refractivity contribution in [3.05, 3.63) is 35.4 Å². The third kappa shape index (κ3) is 3.24. The number of carbonyl (C=O) groups is 1. The summed E-state index contributed by atoms with van der Waals surface area (Å²) in [4.78, 5) is 20.6. The molecule has 1 aliphatic heterocycles. The Hall–Kier alpha value is -3.55. The first-order chi connectivity index (χ1) is 14.5. The number of hydrogen-bond acceptors (Lipinski definition) is 7. The Labute approximate surface area is 174 Å². The lowest BCUT2D eigenvalue weighted by atomic mass is 9.95. The molecular weight excluding hydrogens is 384 g/mol. The molecule has 0 unspecified atom stereocenters. The zero-order valence-electron chi connectivity index (χ0n) is 17.4. The van der Waals surface area contributed by atoms with Crippen molar-refractivity contribution in [3.8, 4) is 39.8 Å². The van der Waals surface area contributed by atoms with E-state index in [4.69, 9.17) is 19.9 Å². The van der Waals surface area contributed by atoms with Crippen molar-refractivity contribution in [2.45, 2.75) is 25.8 Å². The largest absolute Gasteiger partial charge is 0.493 e. The van der Waals surface area contributed by atoms with Gasteiger partial charge in [-0.2, -0.15) is 0 Å². The average Bonchev–Trinajstić information content (AvgIpc) is 2.90. The number of aromatic nitrogens is 2. The number of aryl methyl sites for hydroxylation is 1. The van der Waals surface area contributed by atoms with Crippen LogP contribution in [0.3, 0.4) is 0 Å². The predicted molar refractivity (Wildman–Crippen MR) is 113 cm³/mol. The van der Waals surface area contributed by atoms with Crippen LogP contribution in [-0.2, 0) is 11.2 Å². The maximum absolute atomic E-state index is 12.0. The molecule has 1 amide bonds. The van der Waals surface area contributed by atoms with Crippen LogP contribution in [0.5, 0.6) is 17.2 Å². The van der Waals surface area contributed by atoms with E-state index in [2.05, 4.69) is 15.3 Å². The Bertz CT molecular complexity index is 1100. The summed E-state index contributed by atoms with van der Waals surface area (Å²) >= 11 is 0. The molecule has 2 aliphatic carbocycles. The fourth-order valence-electron chi connectivity index (χ4n) is 4.16. The van der Waals surface area contributed by atoms with E-state index < -0.39 is 0 Å². The Balaban J connectivity index is 2.07. The standard InChI is InChI=1S/C22H24N4O4/c1-11(27)24-15-7-5-12-9-18(28-2)20(29-3)21(30-4)19(12)13-6-8-16-17(10-14(13)15)26-22(23)25-16/h6,8-10,15H,5,7H2,1-4H3,(H,24,27)(H2,23,25,26)/t15-/m1/s1. The van der Waals surface area contributed by atoms with Crippen molar-refractivity contribution in [1.29, 1.82) is 0 Å². The number of imidazole rings is 1. The van der Waals surface area contributed by atoms with E-state index in [0.29, 0.717) is 41.5 Å². The van der Waals surface area contributed by atoms with E-state index in [0.717, 1.165) is 22.3 Å². The number of nitrogens with two attached hydrogens (primary N) is 1. The van der Waals surface area contributed by atoms with Gasteiger partial charge in [-0.3, -0.25) is 4.79 Å². The molecule has 0 radical (unpaired) electrons. The van der Waals surface area contributed by atoms with E-state index in [-0.39, 0.29) is 17.9 Å². The number of hydrogen-bond donors (Lipinski definition) is 2. The average molecular weight is 408 g/mol. The smallest absolute Gasteiger partial charge is 0.221 e. The van der Waals surface area contributed by atoms with Crippen molar-refractivity contribution >= 4 is 11.9 Å². The highest BCUT2D eigenvalue weighted by atomic mass is 16.5. The first kappa shape index (κ1) is 19.8. The molecule has 0 saturated carbocycles. The van der Waals surface area contributed by atoms with E-state index in [1.165, 1.54) is 6.92 Å². The lowest BCUT2D eigenvalue weighted by Gasteiger charge is -2.19. The second-order valence-corrected chi connectivity index (χ2v) is 7.17. The second-order valence-electron chi connectivity index (χ2n) is 7.17. The zero-order chi connectivity index (χ0) is 21.4. The minimum absolute atomic E-state index is 0.102. The molecule has 8 nitrogen and oxygen atoms in total. The van der Waals surface area contributed by atoms with Gasteiger partial charge in [0, 0.05) is 12.5 Å². The minimum Gasteiger partial charge on any atom is -0.493 e. The van der Waals surface area contributed by atoms with E-state index in [1.54, 1.807) is 21.3 Å².